The molecular weight excluding hydrogens is 176 g/mol. The molecule has 2 atom stereocenters. The van der Waals surface area contributed by atoms with E-state index in [9.17, 15) is 4.79 Å². The standard InChI is InChI=1S/C12H22O2/c1-6-10(4)11(5)12(13)8-14-7-9(2)3/h10-11H,2,6-8H2,1,3-5H3. The Hall–Kier alpha value is -0.630. The van der Waals surface area contributed by atoms with Crippen molar-refractivity contribution in [1.82, 2.24) is 0 Å². The number of carbonyl (C=O) groups excluding carboxylic acids is 1. The predicted octanol–water partition coefficient (Wildman–Crippen LogP) is 2.83. The molecule has 0 aliphatic heterocycles. The Balaban J connectivity index is 3.78. The summed E-state index contributed by atoms with van der Waals surface area (Å²) < 4.78 is 5.22. The van der Waals surface area contributed by atoms with Gasteiger partial charge in [-0.2, -0.15) is 0 Å². The summed E-state index contributed by atoms with van der Waals surface area (Å²) in [7, 11) is 0. The van der Waals surface area contributed by atoms with Gasteiger partial charge in [-0.15, -0.1) is 0 Å². The first-order chi connectivity index (χ1) is 6.49. The van der Waals surface area contributed by atoms with Crippen LogP contribution in [0.1, 0.15) is 34.1 Å². The minimum absolute atomic E-state index is 0.102. The monoisotopic (exact) mass is 198 g/mol. The predicted molar refractivity (Wildman–Crippen MR) is 59.3 cm³/mol. The second kappa shape index (κ2) is 6.77. The summed E-state index contributed by atoms with van der Waals surface area (Å²) in [6.45, 7) is 12.5. The van der Waals surface area contributed by atoms with Crippen LogP contribution in [-0.4, -0.2) is 19.0 Å². The Kier molecular flexibility index (Phi) is 6.46. The van der Waals surface area contributed by atoms with Crippen molar-refractivity contribution in [2.45, 2.75) is 34.1 Å². The topological polar surface area (TPSA) is 26.3 Å². The molecule has 0 heterocycles. The van der Waals surface area contributed by atoms with Crippen molar-refractivity contribution in [2.75, 3.05) is 13.2 Å². The van der Waals surface area contributed by atoms with Gasteiger partial charge in [0.2, 0.25) is 0 Å². The van der Waals surface area contributed by atoms with Gasteiger partial charge in [-0.1, -0.05) is 39.3 Å². The molecule has 0 radical (unpaired) electrons. The number of ether oxygens (including phenoxy) is 1. The SMILES string of the molecule is C=C(C)COCC(=O)C(C)C(C)CC. The van der Waals surface area contributed by atoms with Gasteiger partial charge in [0.15, 0.2) is 5.78 Å². The lowest BCUT2D eigenvalue weighted by Gasteiger charge is -2.16. The fourth-order valence-corrected chi connectivity index (χ4v) is 1.13. The third-order valence-electron chi connectivity index (χ3n) is 2.60. The van der Waals surface area contributed by atoms with Gasteiger partial charge in [-0.25, -0.2) is 0 Å². The molecule has 0 bridgehead atoms. The lowest BCUT2D eigenvalue weighted by atomic mass is 9.90. The molecule has 14 heavy (non-hydrogen) atoms. The number of Topliss-reactive ketones (excluding diaryl/α,β-unsaturated/α-hetero) is 1. The normalized spacial score (nSPS) is 14.9. The van der Waals surface area contributed by atoms with Gasteiger partial charge < -0.3 is 4.74 Å². The van der Waals surface area contributed by atoms with Crippen LogP contribution in [-0.2, 0) is 9.53 Å². The van der Waals surface area contributed by atoms with Crippen LogP contribution in [0, 0.1) is 11.8 Å². The van der Waals surface area contributed by atoms with Gasteiger partial charge >= 0.3 is 0 Å². The summed E-state index contributed by atoms with van der Waals surface area (Å²) in [5, 5.41) is 0. The summed E-state index contributed by atoms with van der Waals surface area (Å²) in [6.07, 6.45) is 1.04. The van der Waals surface area contributed by atoms with Crippen molar-refractivity contribution in [3.63, 3.8) is 0 Å². The van der Waals surface area contributed by atoms with E-state index in [4.69, 9.17) is 4.74 Å². The molecule has 0 spiro atoms. The summed E-state index contributed by atoms with van der Waals surface area (Å²) in [5.74, 6) is 0.738. The molecule has 2 unspecified atom stereocenters. The Bertz CT molecular complexity index is 196. The van der Waals surface area contributed by atoms with Crippen LogP contribution >= 0.6 is 0 Å². The Labute approximate surface area is 87.3 Å². The first-order valence-electron chi connectivity index (χ1n) is 5.23. The third-order valence-corrected chi connectivity index (χ3v) is 2.60. The van der Waals surface area contributed by atoms with Crippen molar-refractivity contribution in [3.05, 3.63) is 12.2 Å². The lowest BCUT2D eigenvalue weighted by molar-refractivity contribution is -0.128. The van der Waals surface area contributed by atoms with E-state index in [1.807, 2.05) is 13.8 Å². The van der Waals surface area contributed by atoms with Crippen LogP contribution in [0.3, 0.4) is 0 Å². The highest BCUT2D eigenvalue weighted by atomic mass is 16.5. The van der Waals surface area contributed by atoms with E-state index in [1.165, 1.54) is 0 Å². The molecule has 0 aromatic rings. The minimum atomic E-state index is 0.102. The average molecular weight is 198 g/mol. The maximum Gasteiger partial charge on any atom is 0.161 e. The largest absolute Gasteiger partial charge is 0.369 e. The Morgan fingerprint density at radius 2 is 1.93 bits per heavy atom. The Morgan fingerprint density at radius 3 is 2.36 bits per heavy atom. The van der Waals surface area contributed by atoms with Crippen molar-refractivity contribution < 1.29 is 9.53 Å². The quantitative estimate of drug-likeness (QED) is 0.588. The highest BCUT2D eigenvalue weighted by Gasteiger charge is 2.18. The fourth-order valence-electron chi connectivity index (χ4n) is 1.13. The van der Waals surface area contributed by atoms with Gasteiger partial charge in [0.05, 0.1) is 6.61 Å². The zero-order valence-electron chi connectivity index (χ0n) is 9.80. The molecule has 2 nitrogen and oxygen atoms in total. The molecular formula is C12H22O2. The van der Waals surface area contributed by atoms with Crippen molar-refractivity contribution in [1.29, 1.82) is 0 Å². The van der Waals surface area contributed by atoms with Crippen LogP contribution in [0.2, 0.25) is 0 Å². The number of carbonyl (C=O) groups is 1. The molecule has 0 aromatic carbocycles. The zero-order valence-corrected chi connectivity index (χ0v) is 9.80. The molecule has 0 N–H and O–H groups in total. The smallest absolute Gasteiger partial charge is 0.161 e. The van der Waals surface area contributed by atoms with Crippen molar-refractivity contribution >= 4 is 5.78 Å². The molecule has 0 aromatic heterocycles. The molecule has 2 heteroatoms. The fraction of sp³-hybridized carbons (Fsp3) is 0.750. The zero-order chi connectivity index (χ0) is 11.1. The maximum absolute atomic E-state index is 11.6. The van der Waals surface area contributed by atoms with Crippen LogP contribution in [0.5, 0.6) is 0 Å². The molecule has 0 saturated carbocycles. The van der Waals surface area contributed by atoms with E-state index in [0.717, 1.165) is 12.0 Å². The first-order valence-corrected chi connectivity index (χ1v) is 5.23. The molecule has 0 amide bonds. The van der Waals surface area contributed by atoms with E-state index in [2.05, 4.69) is 20.4 Å². The summed E-state index contributed by atoms with van der Waals surface area (Å²) in [5.41, 5.74) is 0.953. The number of rotatable bonds is 7. The maximum atomic E-state index is 11.6. The van der Waals surface area contributed by atoms with Crippen molar-refractivity contribution in [2.24, 2.45) is 11.8 Å². The molecule has 0 saturated heterocycles. The van der Waals surface area contributed by atoms with E-state index < -0.39 is 0 Å². The molecule has 0 aliphatic carbocycles. The van der Waals surface area contributed by atoms with E-state index in [0.29, 0.717) is 12.5 Å². The van der Waals surface area contributed by atoms with Gasteiger partial charge in [0.1, 0.15) is 6.61 Å². The van der Waals surface area contributed by atoms with Gasteiger partial charge in [-0.3, -0.25) is 4.79 Å². The molecule has 82 valence electrons. The van der Waals surface area contributed by atoms with Gasteiger partial charge in [0.25, 0.3) is 0 Å². The second-order valence-corrected chi connectivity index (χ2v) is 4.09. The summed E-state index contributed by atoms with van der Waals surface area (Å²) in [6, 6.07) is 0. The van der Waals surface area contributed by atoms with E-state index in [-0.39, 0.29) is 18.3 Å². The van der Waals surface area contributed by atoms with Crippen molar-refractivity contribution in [3.8, 4) is 0 Å². The lowest BCUT2D eigenvalue weighted by Crippen LogP contribution is -2.23. The molecule has 0 fully saturated rings. The van der Waals surface area contributed by atoms with Gasteiger partial charge in [-0.05, 0) is 12.8 Å². The summed E-state index contributed by atoms with van der Waals surface area (Å²) in [4.78, 5) is 11.6. The molecule has 0 rings (SSSR count). The van der Waals surface area contributed by atoms with Gasteiger partial charge in [0, 0.05) is 5.92 Å². The Morgan fingerprint density at radius 1 is 1.36 bits per heavy atom. The summed E-state index contributed by atoms with van der Waals surface area (Å²) >= 11 is 0. The highest BCUT2D eigenvalue weighted by molar-refractivity contribution is 5.82. The van der Waals surface area contributed by atoms with Crippen LogP contribution in [0.15, 0.2) is 12.2 Å². The second-order valence-electron chi connectivity index (χ2n) is 4.09. The first kappa shape index (κ1) is 13.4. The van der Waals surface area contributed by atoms with Crippen LogP contribution in [0.4, 0.5) is 0 Å². The number of hydrogen-bond donors (Lipinski definition) is 0. The van der Waals surface area contributed by atoms with E-state index in [1.54, 1.807) is 0 Å². The number of hydrogen-bond acceptors (Lipinski definition) is 2. The van der Waals surface area contributed by atoms with Crippen LogP contribution < -0.4 is 0 Å². The minimum Gasteiger partial charge on any atom is -0.369 e. The highest BCUT2D eigenvalue weighted by Crippen LogP contribution is 2.15. The molecule has 0 aliphatic rings. The average Bonchev–Trinajstić information content (AvgIpc) is 2.14. The van der Waals surface area contributed by atoms with Crippen LogP contribution in [0.25, 0.3) is 0 Å². The van der Waals surface area contributed by atoms with E-state index >= 15 is 0 Å². The third kappa shape index (κ3) is 5.18. The number of ketones is 1.